The van der Waals surface area contributed by atoms with Crippen molar-refractivity contribution in [3.8, 4) is 0 Å². The van der Waals surface area contributed by atoms with E-state index >= 15 is 0 Å². The molecule has 1 amide bonds. The molecule has 162 valence electrons. The maximum absolute atomic E-state index is 13.1. The van der Waals surface area contributed by atoms with Crippen molar-refractivity contribution in [2.45, 2.75) is 50.8 Å². The van der Waals surface area contributed by atoms with Crippen LogP contribution in [0.3, 0.4) is 0 Å². The second-order valence-corrected chi connectivity index (χ2v) is 9.01. The van der Waals surface area contributed by atoms with Crippen LogP contribution in [0, 0.1) is 0 Å². The van der Waals surface area contributed by atoms with E-state index in [2.05, 4.69) is 28.7 Å². The van der Waals surface area contributed by atoms with Crippen LogP contribution in [0.5, 0.6) is 0 Å². The number of amidine groups is 1. The Labute approximate surface area is 187 Å². The lowest BCUT2D eigenvalue weighted by Crippen LogP contribution is -2.29. The first-order chi connectivity index (χ1) is 14.6. The standard InChI is InChI=1S/C22H29N3O3S2/c1-4-24-16-12-9-10-13-17(16)29-21(24)19-20(27)25(5-2)22(30-19)23-15-11-7-6-8-14-18(26)28-3/h9-10,12-13H,4-8,11,14-15H2,1-3H3/b21-19-,23-22?. The van der Waals surface area contributed by atoms with Crippen LogP contribution in [0.4, 0.5) is 5.69 Å². The van der Waals surface area contributed by atoms with Gasteiger partial charge in [-0.1, -0.05) is 36.7 Å². The van der Waals surface area contributed by atoms with Gasteiger partial charge in [0.1, 0.15) is 9.93 Å². The molecule has 1 aromatic carbocycles. The summed E-state index contributed by atoms with van der Waals surface area (Å²) in [4.78, 5) is 34.9. The SMILES string of the molecule is CCN1C(=O)/C(=C2/Sc3ccccc3N2CC)SC1=NCCCCCCC(=O)OC. The highest BCUT2D eigenvalue weighted by Crippen LogP contribution is 2.50. The first-order valence-electron chi connectivity index (χ1n) is 10.5. The molecule has 0 aliphatic carbocycles. The van der Waals surface area contributed by atoms with E-state index in [1.807, 2.05) is 19.1 Å². The first kappa shape index (κ1) is 22.7. The number of carbonyl (C=O) groups excluding carboxylic acids is 2. The van der Waals surface area contributed by atoms with Crippen molar-refractivity contribution >= 4 is 46.3 Å². The molecule has 1 aromatic rings. The number of para-hydroxylation sites is 1. The van der Waals surface area contributed by atoms with Gasteiger partial charge in [0.2, 0.25) is 0 Å². The molecular weight excluding hydrogens is 418 g/mol. The summed E-state index contributed by atoms with van der Waals surface area (Å²) in [5, 5.41) is 1.81. The molecule has 0 spiro atoms. The van der Waals surface area contributed by atoms with Crippen molar-refractivity contribution < 1.29 is 14.3 Å². The molecule has 0 radical (unpaired) electrons. The van der Waals surface area contributed by atoms with E-state index in [1.165, 1.54) is 29.5 Å². The zero-order valence-electron chi connectivity index (χ0n) is 17.8. The number of likely N-dealkylation sites (N-methyl/N-ethyl adjacent to an activating group) is 1. The average molecular weight is 448 g/mol. The molecule has 0 aromatic heterocycles. The van der Waals surface area contributed by atoms with Gasteiger partial charge in [0.05, 0.1) is 12.8 Å². The minimum atomic E-state index is -0.150. The maximum Gasteiger partial charge on any atom is 0.305 e. The average Bonchev–Trinajstić information content (AvgIpc) is 3.29. The van der Waals surface area contributed by atoms with E-state index in [1.54, 1.807) is 16.7 Å². The minimum absolute atomic E-state index is 0.0492. The molecule has 30 heavy (non-hydrogen) atoms. The molecule has 1 fully saturated rings. The summed E-state index contributed by atoms with van der Waals surface area (Å²) < 4.78 is 4.66. The number of carbonyl (C=O) groups is 2. The summed E-state index contributed by atoms with van der Waals surface area (Å²) >= 11 is 3.17. The number of amides is 1. The Morgan fingerprint density at radius 2 is 1.77 bits per heavy atom. The van der Waals surface area contributed by atoms with Crippen molar-refractivity contribution in [3.63, 3.8) is 0 Å². The smallest absolute Gasteiger partial charge is 0.305 e. The number of unbranched alkanes of at least 4 members (excludes halogenated alkanes) is 3. The van der Waals surface area contributed by atoms with Crippen molar-refractivity contribution in [1.29, 1.82) is 0 Å². The van der Waals surface area contributed by atoms with Crippen LogP contribution in [0.25, 0.3) is 0 Å². The highest BCUT2D eigenvalue weighted by molar-refractivity contribution is 8.19. The lowest BCUT2D eigenvalue weighted by atomic mass is 10.1. The molecule has 0 unspecified atom stereocenters. The van der Waals surface area contributed by atoms with Crippen LogP contribution < -0.4 is 4.90 Å². The Morgan fingerprint density at radius 3 is 2.50 bits per heavy atom. The van der Waals surface area contributed by atoms with Crippen molar-refractivity contribution in [1.82, 2.24) is 4.90 Å². The number of fused-ring (bicyclic) bond motifs is 1. The second-order valence-electron chi connectivity index (χ2n) is 7.00. The molecule has 0 bridgehead atoms. The quantitative estimate of drug-likeness (QED) is 0.306. The lowest BCUT2D eigenvalue weighted by molar-refractivity contribution is -0.140. The highest BCUT2D eigenvalue weighted by Gasteiger charge is 2.38. The number of nitrogens with zero attached hydrogens (tertiary/aromatic N) is 3. The molecule has 2 heterocycles. The largest absolute Gasteiger partial charge is 0.469 e. The van der Waals surface area contributed by atoms with E-state index in [0.29, 0.717) is 19.5 Å². The fraction of sp³-hybridized carbons (Fsp3) is 0.500. The number of benzene rings is 1. The van der Waals surface area contributed by atoms with Crippen molar-refractivity contribution in [3.05, 3.63) is 34.2 Å². The van der Waals surface area contributed by atoms with Crippen LogP contribution in [0.2, 0.25) is 0 Å². The number of methoxy groups -OCH3 is 1. The molecular formula is C22H29N3O3S2. The molecule has 1 saturated heterocycles. The first-order valence-corrected chi connectivity index (χ1v) is 12.1. The van der Waals surface area contributed by atoms with Crippen LogP contribution in [0.1, 0.15) is 46.0 Å². The summed E-state index contributed by atoms with van der Waals surface area (Å²) in [5.41, 5.74) is 1.17. The van der Waals surface area contributed by atoms with Gasteiger partial charge >= 0.3 is 5.97 Å². The van der Waals surface area contributed by atoms with E-state index in [-0.39, 0.29) is 11.9 Å². The second kappa shape index (κ2) is 10.9. The monoisotopic (exact) mass is 447 g/mol. The number of anilines is 1. The Kier molecular flexibility index (Phi) is 8.27. The van der Waals surface area contributed by atoms with Crippen LogP contribution in [-0.2, 0) is 14.3 Å². The molecule has 0 N–H and O–H groups in total. The summed E-state index contributed by atoms with van der Waals surface area (Å²) in [6.07, 6.45) is 4.27. The van der Waals surface area contributed by atoms with E-state index in [9.17, 15) is 9.59 Å². The van der Waals surface area contributed by atoms with E-state index in [4.69, 9.17) is 4.99 Å². The summed E-state index contributed by atoms with van der Waals surface area (Å²) in [6, 6.07) is 8.28. The number of hydrogen-bond donors (Lipinski definition) is 0. The Morgan fingerprint density at radius 1 is 1.03 bits per heavy atom. The molecule has 8 heteroatoms. The van der Waals surface area contributed by atoms with Gasteiger partial charge in [-0.15, -0.1) is 0 Å². The van der Waals surface area contributed by atoms with Crippen LogP contribution >= 0.6 is 23.5 Å². The molecule has 0 atom stereocenters. The molecule has 2 aliphatic heterocycles. The molecule has 0 saturated carbocycles. The van der Waals surface area contributed by atoms with Crippen molar-refractivity contribution in [2.24, 2.45) is 4.99 Å². The zero-order chi connectivity index (χ0) is 21.5. The fourth-order valence-corrected chi connectivity index (χ4v) is 5.92. The van der Waals surface area contributed by atoms with Crippen LogP contribution in [0.15, 0.2) is 44.1 Å². The van der Waals surface area contributed by atoms with Gasteiger partial charge in [-0.05, 0) is 50.6 Å². The summed E-state index contributed by atoms with van der Waals surface area (Å²) in [6.45, 7) is 6.23. The van der Waals surface area contributed by atoms with Gasteiger partial charge in [0.25, 0.3) is 5.91 Å². The third kappa shape index (κ3) is 5.03. The fourth-order valence-electron chi connectivity index (χ4n) is 3.46. The van der Waals surface area contributed by atoms with Crippen molar-refractivity contribution in [2.75, 3.05) is 31.6 Å². The van der Waals surface area contributed by atoms with Gasteiger partial charge < -0.3 is 9.64 Å². The Balaban J connectivity index is 1.63. The van der Waals surface area contributed by atoms with Gasteiger partial charge in [-0.25, -0.2) is 0 Å². The number of hydrogen-bond acceptors (Lipinski definition) is 7. The summed E-state index contributed by atoms with van der Waals surface area (Å²) in [5.74, 6) is -0.101. The van der Waals surface area contributed by atoms with E-state index < -0.39 is 0 Å². The normalized spacial score (nSPS) is 19.7. The van der Waals surface area contributed by atoms with Crippen LogP contribution in [-0.4, -0.2) is 48.7 Å². The topological polar surface area (TPSA) is 62.2 Å². The third-order valence-corrected chi connectivity index (χ3v) is 7.48. The Hall–Kier alpha value is -1.93. The Bertz CT molecular complexity index is 854. The molecule has 3 rings (SSSR count). The third-order valence-electron chi connectivity index (χ3n) is 5.06. The predicted molar refractivity (Wildman–Crippen MR) is 125 cm³/mol. The summed E-state index contributed by atoms with van der Waals surface area (Å²) in [7, 11) is 1.42. The molecule has 6 nitrogen and oxygen atoms in total. The predicted octanol–water partition coefficient (Wildman–Crippen LogP) is 4.86. The highest BCUT2D eigenvalue weighted by atomic mass is 32.2. The van der Waals surface area contributed by atoms with Gasteiger partial charge in [-0.2, -0.15) is 0 Å². The number of ether oxygens (including phenoxy) is 1. The maximum atomic E-state index is 13.1. The molecule has 2 aliphatic rings. The zero-order valence-corrected chi connectivity index (χ0v) is 19.5. The number of esters is 1. The van der Waals surface area contributed by atoms with Gasteiger partial charge in [-0.3, -0.25) is 19.5 Å². The lowest BCUT2D eigenvalue weighted by Gasteiger charge is -2.19. The van der Waals surface area contributed by atoms with Gasteiger partial charge in [0.15, 0.2) is 5.17 Å². The minimum Gasteiger partial charge on any atom is -0.469 e. The number of aliphatic imine (C=N–C) groups is 1. The number of thioether (sulfide) groups is 2. The van der Waals surface area contributed by atoms with Gasteiger partial charge in [0, 0.05) is 31.0 Å². The number of rotatable bonds is 9. The van der Waals surface area contributed by atoms with E-state index in [0.717, 1.165) is 47.3 Å².